The highest BCUT2D eigenvalue weighted by Gasteiger charge is 2.32. The van der Waals surface area contributed by atoms with Crippen molar-refractivity contribution in [2.45, 2.75) is 19.3 Å². The van der Waals surface area contributed by atoms with Gasteiger partial charge in [0.2, 0.25) is 0 Å². The highest BCUT2D eigenvalue weighted by molar-refractivity contribution is 5.44. The van der Waals surface area contributed by atoms with Crippen molar-refractivity contribution >= 4 is 5.69 Å². The molecule has 6 nitrogen and oxygen atoms in total. The summed E-state index contributed by atoms with van der Waals surface area (Å²) in [5.74, 6) is 0.676. The van der Waals surface area contributed by atoms with Crippen molar-refractivity contribution in [1.82, 2.24) is 0 Å². The molecule has 0 spiro atoms. The van der Waals surface area contributed by atoms with Gasteiger partial charge < -0.3 is 15.2 Å². The van der Waals surface area contributed by atoms with Gasteiger partial charge in [-0.05, 0) is 37.3 Å². The second kappa shape index (κ2) is 6.19. The second-order valence-electron chi connectivity index (χ2n) is 5.25. The van der Waals surface area contributed by atoms with Gasteiger partial charge in [-0.1, -0.05) is 0 Å². The molecule has 1 heterocycles. The Hall–Kier alpha value is -1.66. The number of rotatable bonds is 5. The Morgan fingerprint density at radius 2 is 2.15 bits per heavy atom. The van der Waals surface area contributed by atoms with Gasteiger partial charge in [-0.15, -0.1) is 0 Å². The molecule has 1 aliphatic heterocycles. The van der Waals surface area contributed by atoms with E-state index in [0.717, 1.165) is 18.4 Å². The molecule has 20 heavy (non-hydrogen) atoms. The topological polar surface area (TPSA) is 87.6 Å². The molecule has 1 aromatic rings. The van der Waals surface area contributed by atoms with Crippen molar-refractivity contribution in [2.24, 2.45) is 11.1 Å². The zero-order chi connectivity index (χ0) is 14.6. The number of methoxy groups -OCH3 is 1. The molecule has 2 rings (SSSR count). The zero-order valence-corrected chi connectivity index (χ0v) is 11.6. The van der Waals surface area contributed by atoms with Crippen LogP contribution >= 0.6 is 0 Å². The van der Waals surface area contributed by atoms with Gasteiger partial charge in [0.25, 0.3) is 5.69 Å². The van der Waals surface area contributed by atoms with E-state index in [1.54, 1.807) is 19.2 Å². The minimum atomic E-state index is -0.387. The monoisotopic (exact) mass is 280 g/mol. The van der Waals surface area contributed by atoms with Gasteiger partial charge in [0.15, 0.2) is 0 Å². The molecule has 1 fully saturated rings. The fraction of sp³-hybridized carbons (Fsp3) is 0.571. The lowest BCUT2D eigenvalue weighted by atomic mass is 9.75. The average molecular weight is 280 g/mol. The van der Waals surface area contributed by atoms with Gasteiger partial charge in [-0.3, -0.25) is 10.1 Å². The Balaban J connectivity index is 2.30. The number of nitro groups is 1. The van der Waals surface area contributed by atoms with Gasteiger partial charge in [-0.2, -0.15) is 0 Å². The lowest BCUT2D eigenvalue weighted by molar-refractivity contribution is -0.384. The second-order valence-corrected chi connectivity index (χ2v) is 5.25. The summed E-state index contributed by atoms with van der Waals surface area (Å²) < 4.78 is 10.7. The van der Waals surface area contributed by atoms with Crippen LogP contribution in [-0.2, 0) is 11.2 Å². The maximum Gasteiger partial charge on any atom is 0.269 e. The van der Waals surface area contributed by atoms with Crippen LogP contribution < -0.4 is 10.5 Å². The molecular weight excluding hydrogens is 260 g/mol. The molecule has 1 aliphatic rings. The Morgan fingerprint density at radius 1 is 1.45 bits per heavy atom. The van der Waals surface area contributed by atoms with E-state index < -0.39 is 0 Å². The van der Waals surface area contributed by atoms with Crippen LogP contribution in [0.3, 0.4) is 0 Å². The summed E-state index contributed by atoms with van der Waals surface area (Å²) in [4.78, 5) is 10.5. The van der Waals surface area contributed by atoms with Crippen LogP contribution in [0.25, 0.3) is 0 Å². The number of non-ortho nitro benzene ring substituents is 1. The van der Waals surface area contributed by atoms with E-state index in [2.05, 4.69) is 0 Å². The molecule has 110 valence electrons. The van der Waals surface area contributed by atoms with Crippen molar-refractivity contribution in [3.63, 3.8) is 0 Å². The van der Waals surface area contributed by atoms with Crippen molar-refractivity contribution < 1.29 is 14.4 Å². The van der Waals surface area contributed by atoms with E-state index in [-0.39, 0.29) is 16.0 Å². The first-order valence-corrected chi connectivity index (χ1v) is 6.69. The molecule has 0 bridgehead atoms. The highest BCUT2D eigenvalue weighted by Crippen LogP contribution is 2.37. The zero-order valence-electron chi connectivity index (χ0n) is 11.6. The highest BCUT2D eigenvalue weighted by atomic mass is 16.6. The van der Waals surface area contributed by atoms with Crippen LogP contribution in [-0.4, -0.2) is 31.8 Å². The van der Waals surface area contributed by atoms with Crippen LogP contribution in [0.15, 0.2) is 18.2 Å². The molecule has 0 aliphatic carbocycles. The Labute approximate surface area is 118 Å². The molecule has 0 radical (unpaired) electrons. The smallest absolute Gasteiger partial charge is 0.269 e. The Bertz CT molecular complexity index is 484. The SMILES string of the molecule is COc1ccc([N+](=O)[O-])cc1CC1(CN)CCOCC1. The minimum absolute atomic E-state index is 0.0548. The van der Waals surface area contributed by atoms with E-state index in [0.29, 0.717) is 31.9 Å². The molecule has 2 N–H and O–H groups in total. The van der Waals surface area contributed by atoms with Gasteiger partial charge in [0, 0.05) is 30.9 Å². The summed E-state index contributed by atoms with van der Waals surface area (Å²) in [7, 11) is 1.57. The van der Waals surface area contributed by atoms with Crippen molar-refractivity contribution in [3.05, 3.63) is 33.9 Å². The lowest BCUT2D eigenvalue weighted by Crippen LogP contribution is -2.38. The predicted octanol–water partition coefficient (Wildman–Crippen LogP) is 1.90. The fourth-order valence-electron chi connectivity index (χ4n) is 2.68. The van der Waals surface area contributed by atoms with Gasteiger partial charge in [0.1, 0.15) is 5.75 Å². The number of ether oxygens (including phenoxy) is 2. The largest absolute Gasteiger partial charge is 0.496 e. The minimum Gasteiger partial charge on any atom is -0.496 e. The van der Waals surface area contributed by atoms with E-state index in [1.807, 2.05) is 0 Å². The summed E-state index contributed by atoms with van der Waals surface area (Å²) in [5, 5.41) is 10.9. The molecule has 6 heteroatoms. The summed E-state index contributed by atoms with van der Waals surface area (Å²) in [6, 6.07) is 4.70. The molecule has 0 atom stereocenters. The number of hydrogen-bond donors (Lipinski definition) is 1. The standard InChI is InChI=1S/C14H20N2O4/c1-19-13-3-2-12(16(17)18)8-11(13)9-14(10-15)4-6-20-7-5-14/h2-3,8H,4-7,9-10,15H2,1H3. The fourth-order valence-corrected chi connectivity index (χ4v) is 2.68. The maximum absolute atomic E-state index is 10.9. The van der Waals surface area contributed by atoms with Crippen LogP contribution in [0.1, 0.15) is 18.4 Å². The van der Waals surface area contributed by atoms with Crippen LogP contribution in [0.4, 0.5) is 5.69 Å². The number of nitrogens with two attached hydrogens (primary N) is 1. The van der Waals surface area contributed by atoms with Gasteiger partial charge in [-0.25, -0.2) is 0 Å². The normalized spacial score (nSPS) is 17.7. The molecule has 1 saturated heterocycles. The van der Waals surface area contributed by atoms with Crippen molar-refractivity contribution in [1.29, 1.82) is 0 Å². The molecule has 0 aromatic heterocycles. The van der Waals surface area contributed by atoms with E-state index in [1.165, 1.54) is 6.07 Å². The molecule has 0 saturated carbocycles. The van der Waals surface area contributed by atoms with Crippen LogP contribution in [0.2, 0.25) is 0 Å². The van der Waals surface area contributed by atoms with Crippen molar-refractivity contribution in [2.75, 3.05) is 26.9 Å². The average Bonchev–Trinajstić information content (AvgIpc) is 2.48. The molecule has 0 unspecified atom stereocenters. The van der Waals surface area contributed by atoms with E-state index >= 15 is 0 Å². The lowest BCUT2D eigenvalue weighted by Gasteiger charge is -2.36. The predicted molar refractivity (Wildman–Crippen MR) is 74.9 cm³/mol. The third-order valence-electron chi connectivity index (χ3n) is 4.03. The van der Waals surface area contributed by atoms with Crippen LogP contribution in [0.5, 0.6) is 5.75 Å². The number of nitrogens with zero attached hydrogens (tertiary/aromatic N) is 1. The summed E-state index contributed by atoms with van der Waals surface area (Å²) in [5.41, 5.74) is 6.82. The third kappa shape index (κ3) is 3.08. The Morgan fingerprint density at radius 3 is 2.70 bits per heavy atom. The van der Waals surface area contributed by atoms with Crippen LogP contribution in [0, 0.1) is 15.5 Å². The first-order valence-electron chi connectivity index (χ1n) is 6.69. The first kappa shape index (κ1) is 14.7. The summed E-state index contributed by atoms with van der Waals surface area (Å²) >= 11 is 0. The number of benzene rings is 1. The van der Waals surface area contributed by atoms with E-state index in [4.69, 9.17) is 15.2 Å². The number of nitro benzene ring substituents is 1. The number of hydrogen-bond acceptors (Lipinski definition) is 5. The first-order chi connectivity index (χ1) is 9.60. The quantitative estimate of drug-likeness (QED) is 0.657. The van der Waals surface area contributed by atoms with Gasteiger partial charge in [0.05, 0.1) is 12.0 Å². The maximum atomic E-state index is 10.9. The van der Waals surface area contributed by atoms with Gasteiger partial charge >= 0.3 is 0 Å². The third-order valence-corrected chi connectivity index (χ3v) is 4.03. The summed E-state index contributed by atoms with van der Waals surface area (Å²) in [6.07, 6.45) is 2.42. The molecule has 1 aromatic carbocycles. The van der Waals surface area contributed by atoms with E-state index in [9.17, 15) is 10.1 Å². The van der Waals surface area contributed by atoms with Crippen molar-refractivity contribution in [3.8, 4) is 5.75 Å². The summed E-state index contributed by atoms with van der Waals surface area (Å²) in [6.45, 7) is 1.92. The molecular formula is C14H20N2O4. The Kier molecular flexibility index (Phi) is 4.57. The molecule has 0 amide bonds.